The molecule has 0 saturated heterocycles. The van der Waals surface area contributed by atoms with Gasteiger partial charge in [-0.3, -0.25) is 0 Å². The van der Waals surface area contributed by atoms with E-state index >= 15 is 0 Å². The Morgan fingerprint density at radius 1 is 1.50 bits per heavy atom. The van der Waals surface area contributed by atoms with Gasteiger partial charge in [0.05, 0.1) is 0 Å². The Morgan fingerprint density at radius 3 is 2.67 bits per heavy atom. The van der Waals surface area contributed by atoms with Crippen LogP contribution in [0.15, 0.2) is 27.6 Å². The summed E-state index contributed by atoms with van der Waals surface area (Å²) in [5.41, 5.74) is 5.53. The molecule has 1 aromatic rings. The van der Waals surface area contributed by atoms with Gasteiger partial charge in [0.2, 0.25) is 10.0 Å². The third-order valence-electron chi connectivity index (χ3n) is 2.93. The number of nitrogens with one attached hydrogen (secondary N) is 1. The van der Waals surface area contributed by atoms with E-state index in [-0.39, 0.29) is 23.4 Å². The number of sulfonamides is 1. The molecule has 0 spiro atoms. The number of hydrogen-bond donors (Lipinski definition) is 2. The Hall–Kier alpha value is -0.500. The standard InChI is InChI=1S/C11H14BrFN2O2S/c12-8-3-4-11(9(13)5-8)18(16,17)15-10(6-14)7-1-2-7/h3-5,7,10,15H,1-2,6,14H2. The highest BCUT2D eigenvalue weighted by Gasteiger charge is 2.34. The molecule has 0 heterocycles. The molecule has 1 aromatic carbocycles. The predicted octanol–water partition coefficient (Wildman–Crippen LogP) is 1.60. The zero-order valence-electron chi connectivity index (χ0n) is 9.57. The van der Waals surface area contributed by atoms with Gasteiger partial charge in [-0.15, -0.1) is 0 Å². The molecular formula is C11H14BrFN2O2S. The summed E-state index contributed by atoms with van der Waals surface area (Å²) >= 11 is 3.09. The molecular weight excluding hydrogens is 323 g/mol. The maximum absolute atomic E-state index is 13.6. The summed E-state index contributed by atoms with van der Waals surface area (Å²) in [5.74, 6) is -0.494. The Balaban J connectivity index is 2.24. The molecule has 2 rings (SSSR count). The molecule has 0 aromatic heterocycles. The first-order valence-electron chi connectivity index (χ1n) is 5.61. The zero-order valence-corrected chi connectivity index (χ0v) is 12.0. The lowest BCUT2D eigenvalue weighted by molar-refractivity contribution is 0.511. The number of nitrogens with two attached hydrogens (primary N) is 1. The van der Waals surface area contributed by atoms with Gasteiger partial charge in [-0.1, -0.05) is 15.9 Å². The van der Waals surface area contributed by atoms with Gasteiger partial charge in [-0.05, 0) is 37.0 Å². The molecule has 100 valence electrons. The summed E-state index contributed by atoms with van der Waals surface area (Å²) in [6, 6.07) is 3.55. The van der Waals surface area contributed by atoms with Crippen LogP contribution in [0, 0.1) is 11.7 Å². The van der Waals surface area contributed by atoms with Crippen LogP contribution in [0.5, 0.6) is 0 Å². The van der Waals surface area contributed by atoms with Crippen molar-refractivity contribution in [3.63, 3.8) is 0 Å². The van der Waals surface area contributed by atoms with E-state index in [1.54, 1.807) is 0 Å². The van der Waals surface area contributed by atoms with Gasteiger partial charge in [0, 0.05) is 17.1 Å². The first kappa shape index (κ1) is 13.9. The van der Waals surface area contributed by atoms with Crippen molar-refractivity contribution >= 4 is 26.0 Å². The van der Waals surface area contributed by atoms with Crippen molar-refractivity contribution in [3.05, 3.63) is 28.5 Å². The van der Waals surface area contributed by atoms with Gasteiger partial charge in [-0.25, -0.2) is 17.5 Å². The van der Waals surface area contributed by atoms with Crippen LogP contribution in [0.25, 0.3) is 0 Å². The first-order valence-corrected chi connectivity index (χ1v) is 7.89. The van der Waals surface area contributed by atoms with Crippen LogP contribution in [0.2, 0.25) is 0 Å². The van der Waals surface area contributed by atoms with Gasteiger partial charge in [0.25, 0.3) is 0 Å². The second kappa shape index (κ2) is 5.24. The fourth-order valence-electron chi connectivity index (χ4n) is 1.79. The third kappa shape index (κ3) is 3.09. The molecule has 0 radical (unpaired) electrons. The molecule has 7 heteroatoms. The molecule has 1 saturated carbocycles. The Bertz CT molecular complexity index is 546. The molecule has 0 amide bonds. The van der Waals surface area contributed by atoms with E-state index < -0.39 is 15.8 Å². The first-order chi connectivity index (χ1) is 8.44. The van der Waals surface area contributed by atoms with E-state index in [9.17, 15) is 12.8 Å². The Kier molecular flexibility index (Phi) is 4.05. The quantitative estimate of drug-likeness (QED) is 0.857. The molecule has 1 atom stereocenters. The number of benzene rings is 1. The smallest absolute Gasteiger partial charge is 0.243 e. The van der Waals surface area contributed by atoms with Gasteiger partial charge in [0.1, 0.15) is 10.7 Å². The summed E-state index contributed by atoms with van der Waals surface area (Å²) in [6.45, 7) is 0.224. The minimum Gasteiger partial charge on any atom is -0.329 e. The summed E-state index contributed by atoms with van der Waals surface area (Å²) in [6.07, 6.45) is 1.93. The fourth-order valence-corrected chi connectivity index (χ4v) is 3.50. The van der Waals surface area contributed by atoms with E-state index in [4.69, 9.17) is 5.73 Å². The lowest BCUT2D eigenvalue weighted by Gasteiger charge is -2.16. The van der Waals surface area contributed by atoms with Crippen LogP contribution in [-0.4, -0.2) is 21.0 Å². The van der Waals surface area contributed by atoms with Crippen LogP contribution in [-0.2, 0) is 10.0 Å². The van der Waals surface area contributed by atoms with E-state index in [1.165, 1.54) is 12.1 Å². The summed E-state index contributed by atoms with van der Waals surface area (Å²) in [7, 11) is -3.85. The van der Waals surface area contributed by atoms with Crippen LogP contribution in [0.1, 0.15) is 12.8 Å². The van der Waals surface area contributed by atoms with Crippen LogP contribution in [0.4, 0.5) is 4.39 Å². The van der Waals surface area contributed by atoms with Crippen molar-refractivity contribution in [2.75, 3.05) is 6.54 Å². The lowest BCUT2D eigenvalue weighted by atomic mass is 10.2. The predicted molar refractivity (Wildman–Crippen MR) is 70.0 cm³/mol. The highest BCUT2D eigenvalue weighted by molar-refractivity contribution is 9.10. The largest absolute Gasteiger partial charge is 0.329 e. The minimum atomic E-state index is -3.85. The van der Waals surface area contributed by atoms with Crippen molar-refractivity contribution in [2.45, 2.75) is 23.8 Å². The minimum absolute atomic E-state index is 0.224. The molecule has 0 bridgehead atoms. The summed E-state index contributed by atoms with van der Waals surface area (Å²) < 4.78 is 40.7. The van der Waals surface area contributed by atoms with Gasteiger partial charge >= 0.3 is 0 Å². The zero-order chi connectivity index (χ0) is 13.3. The van der Waals surface area contributed by atoms with Gasteiger partial charge < -0.3 is 5.73 Å². The van der Waals surface area contributed by atoms with Crippen LogP contribution >= 0.6 is 15.9 Å². The third-order valence-corrected chi connectivity index (χ3v) is 4.95. The molecule has 3 N–H and O–H groups in total. The number of halogens is 2. The van der Waals surface area contributed by atoms with Gasteiger partial charge in [-0.2, -0.15) is 0 Å². The van der Waals surface area contributed by atoms with Crippen molar-refractivity contribution < 1.29 is 12.8 Å². The molecule has 1 aliphatic rings. The summed E-state index contributed by atoms with van der Waals surface area (Å²) in [4.78, 5) is -0.343. The van der Waals surface area contributed by atoms with Crippen molar-refractivity contribution in [1.29, 1.82) is 0 Å². The average molecular weight is 337 g/mol. The van der Waals surface area contributed by atoms with E-state index in [0.29, 0.717) is 4.47 Å². The molecule has 1 unspecified atom stereocenters. The number of rotatable bonds is 5. The van der Waals surface area contributed by atoms with Crippen LogP contribution < -0.4 is 10.5 Å². The monoisotopic (exact) mass is 336 g/mol. The van der Waals surface area contributed by atoms with E-state index in [1.807, 2.05) is 0 Å². The Labute approximate surface area is 114 Å². The normalized spacial score (nSPS) is 17.7. The fraction of sp³-hybridized carbons (Fsp3) is 0.455. The molecule has 1 aliphatic carbocycles. The van der Waals surface area contributed by atoms with Crippen molar-refractivity contribution in [3.8, 4) is 0 Å². The SMILES string of the molecule is NCC(NS(=O)(=O)c1ccc(Br)cc1F)C1CC1. The average Bonchev–Trinajstić information content (AvgIpc) is 3.09. The highest BCUT2D eigenvalue weighted by atomic mass is 79.9. The summed E-state index contributed by atoms with van der Waals surface area (Å²) in [5, 5.41) is 0. The molecule has 4 nitrogen and oxygen atoms in total. The highest BCUT2D eigenvalue weighted by Crippen LogP contribution is 2.33. The van der Waals surface area contributed by atoms with Crippen LogP contribution in [0.3, 0.4) is 0 Å². The number of hydrogen-bond acceptors (Lipinski definition) is 3. The van der Waals surface area contributed by atoms with E-state index in [2.05, 4.69) is 20.7 Å². The molecule has 18 heavy (non-hydrogen) atoms. The maximum Gasteiger partial charge on any atom is 0.243 e. The van der Waals surface area contributed by atoms with E-state index in [0.717, 1.165) is 18.9 Å². The Morgan fingerprint density at radius 2 is 2.17 bits per heavy atom. The lowest BCUT2D eigenvalue weighted by Crippen LogP contribution is -2.41. The maximum atomic E-state index is 13.6. The van der Waals surface area contributed by atoms with Gasteiger partial charge in [0.15, 0.2) is 0 Å². The molecule has 1 fully saturated rings. The van der Waals surface area contributed by atoms with Crippen molar-refractivity contribution in [1.82, 2.24) is 4.72 Å². The molecule has 0 aliphatic heterocycles. The van der Waals surface area contributed by atoms with Crippen molar-refractivity contribution in [2.24, 2.45) is 11.7 Å². The second-order valence-corrected chi connectivity index (χ2v) is 6.97. The topological polar surface area (TPSA) is 72.2 Å². The second-order valence-electron chi connectivity index (χ2n) is 4.38.